The molecular weight excluding hydrogens is 279 g/mol. The maximum Gasteiger partial charge on any atom is 0.573 e. The van der Waals surface area contributed by atoms with Crippen LogP contribution in [0.1, 0.15) is 12.8 Å². The minimum atomic E-state index is -4.79. The predicted molar refractivity (Wildman–Crippen MR) is 61.1 cm³/mol. The van der Waals surface area contributed by atoms with Crippen molar-refractivity contribution < 1.29 is 32.6 Å². The second-order valence-electron chi connectivity index (χ2n) is 4.41. The zero-order chi connectivity index (χ0) is 15.0. The third-order valence-electron chi connectivity index (χ3n) is 2.94. The molecule has 0 radical (unpaired) electrons. The molecule has 0 unspecified atom stereocenters. The third-order valence-corrected chi connectivity index (χ3v) is 2.94. The lowest BCUT2D eigenvalue weighted by Crippen LogP contribution is -2.31. The topological polar surface area (TPSA) is 75.6 Å². The molecule has 1 amide bonds. The monoisotopic (exact) mass is 289 g/mol. The fraction of sp³-hybridized carbons (Fsp3) is 0.333. The van der Waals surface area contributed by atoms with Gasteiger partial charge in [-0.15, -0.1) is 13.2 Å². The average molecular weight is 289 g/mol. The van der Waals surface area contributed by atoms with Gasteiger partial charge in [-0.05, 0) is 37.1 Å². The van der Waals surface area contributed by atoms with Gasteiger partial charge in [0.2, 0.25) is 5.91 Å². The third kappa shape index (κ3) is 3.01. The van der Waals surface area contributed by atoms with Crippen LogP contribution in [0.4, 0.5) is 18.9 Å². The average Bonchev–Trinajstić information content (AvgIpc) is 3.11. The van der Waals surface area contributed by atoms with E-state index < -0.39 is 29.4 Å². The van der Waals surface area contributed by atoms with Crippen LogP contribution in [0.5, 0.6) is 5.75 Å². The Morgan fingerprint density at radius 2 is 1.75 bits per heavy atom. The van der Waals surface area contributed by atoms with Crippen LogP contribution < -0.4 is 10.1 Å². The number of hydrogen-bond acceptors (Lipinski definition) is 3. The van der Waals surface area contributed by atoms with Crippen molar-refractivity contribution in [3.05, 3.63) is 24.3 Å². The van der Waals surface area contributed by atoms with E-state index in [0.29, 0.717) is 0 Å². The summed E-state index contributed by atoms with van der Waals surface area (Å²) in [6.45, 7) is 0. The van der Waals surface area contributed by atoms with Gasteiger partial charge >= 0.3 is 12.3 Å². The number of ether oxygens (including phenoxy) is 1. The van der Waals surface area contributed by atoms with Gasteiger partial charge in [-0.3, -0.25) is 9.59 Å². The van der Waals surface area contributed by atoms with E-state index in [0.717, 1.165) is 12.1 Å². The summed E-state index contributed by atoms with van der Waals surface area (Å²) in [6.07, 6.45) is -4.28. The van der Waals surface area contributed by atoms with Crippen LogP contribution in [-0.4, -0.2) is 23.3 Å². The molecule has 1 aromatic carbocycles. The zero-order valence-corrected chi connectivity index (χ0v) is 10.0. The molecular formula is C12H10F3NO4. The Kier molecular flexibility index (Phi) is 3.33. The summed E-state index contributed by atoms with van der Waals surface area (Å²) in [5, 5.41) is 11.3. The maximum absolute atomic E-state index is 11.9. The molecule has 5 nitrogen and oxygen atoms in total. The number of rotatable bonds is 4. The first-order valence-corrected chi connectivity index (χ1v) is 5.64. The van der Waals surface area contributed by atoms with E-state index in [1.54, 1.807) is 0 Å². The molecule has 8 heteroatoms. The van der Waals surface area contributed by atoms with E-state index in [1.165, 1.54) is 12.1 Å². The lowest BCUT2D eigenvalue weighted by Gasteiger charge is -2.12. The standard InChI is InChI=1S/C12H10F3NO4/c13-12(14,15)20-8-3-1-7(2-4-8)16-9(17)11(5-6-11)10(18)19/h1-4H,5-6H2,(H,16,17)(H,18,19). The van der Waals surface area contributed by atoms with Crippen LogP contribution >= 0.6 is 0 Å². The van der Waals surface area contributed by atoms with Crippen LogP contribution in [0.25, 0.3) is 0 Å². The van der Waals surface area contributed by atoms with Crippen LogP contribution in [0, 0.1) is 5.41 Å². The molecule has 0 aromatic heterocycles. The summed E-state index contributed by atoms with van der Waals surface area (Å²) in [6, 6.07) is 4.47. The number of nitrogens with one attached hydrogen (secondary N) is 1. The highest BCUT2D eigenvalue weighted by Crippen LogP contribution is 2.46. The highest BCUT2D eigenvalue weighted by Gasteiger charge is 2.57. The van der Waals surface area contributed by atoms with Crippen LogP contribution in [0.15, 0.2) is 24.3 Å². The molecule has 0 aliphatic heterocycles. The largest absolute Gasteiger partial charge is 0.573 e. The Bertz CT molecular complexity index is 535. The molecule has 2 rings (SSSR count). The van der Waals surface area contributed by atoms with Gasteiger partial charge in [0.15, 0.2) is 0 Å². The molecule has 108 valence electrons. The van der Waals surface area contributed by atoms with Gasteiger partial charge in [0.25, 0.3) is 0 Å². The Balaban J connectivity index is 2.01. The first kappa shape index (κ1) is 14.2. The second-order valence-corrected chi connectivity index (χ2v) is 4.41. The number of carbonyl (C=O) groups is 2. The first-order chi connectivity index (χ1) is 9.23. The molecule has 0 saturated heterocycles. The summed E-state index contributed by atoms with van der Waals surface area (Å²) >= 11 is 0. The van der Waals surface area contributed by atoms with Crippen molar-refractivity contribution in [3.8, 4) is 5.75 Å². The van der Waals surface area contributed by atoms with Crippen molar-refractivity contribution in [3.63, 3.8) is 0 Å². The summed E-state index contributed by atoms with van der Waals surface area (Å²) in [5.41, 5.74) is -1.20. The number of anilines is 1. The number of hydrogen-bond donors (Lipinski definition) is 2. The number of aliphatic carboxylic acids is 1. The highest BCUT2D eigenvalue weighted by molar-refractivity contribution is 6.10. The minimum absolute atomic E-state index is 0.206. The normalized spacial score (nSPS) is 16.4. The molecule has 2 N–H and O–H groups in total. The van der Waals surface area contributed by atoms with Gasteiger partial charge < -0.3 is 15.2 Å². The van der Waals surface area contributed by atoms with Gasteiger partial charge in [0, 0.05) is 5.69 Å². The molecule has 0 spiro atoms. The van der Waals surface area contributed by atoms with E-state index in [9.17, 15) is 22.8 Å². The molecule has 0 atom stereocenters. The second kappa shape index (κ2) is 4.69. The van der Waals surface area contributed by atoms with Crippen molar-refractivity contribution >= 4 is 17.6 Å². The van der Waals surface area contributed by atoms with Gasteiger partial charge in [0.1, 0.15) is 11.2 Å². The number of halogens is 3. The Morgan fingerprint density at radius 3 is 2.15 bits per heavy atom. The van der Waals surface area contributed by atoms with Gasteiger partial charge in [-0.25, -0.2) is 0 Å². The smallest absolute Gasteiger partial charge is 0.480 e. The Morgan fingerprint density at radius 1 is 1.20 bits per heavy atom. The minimum Gasteiger partial charge on any atom is -0.480 e. The van der Waals surface area contributed by atoms with Gasteiger partial charge in [-0.2, -0.15) is 0 Å². The fourth-order valence-electron chi connectivity index (χ4n) is 1.65. The number of alkyl halides is 3. The highest BCUT2D eigenvalue weighted by atomic mass is 19.4. The summed E-state index contributed by atoms with van der Waals surface area (Å²) in [7, 11) is 0. The molecule has 1 aromatic rings. The number of carboxylic acid groups (broad SMARTS) is 1. The predicted octanol–water partition coefficient (Wildman–Crippen LogP) is 2.39. The van der Waals surface area contributed by atoms with Crippen LogP contribution in [-0.2, 0) is 9.59 Å². The quantitative estimate of drug-likeness (QED) is 0.834. The summed E-state index contributed by atoms with van der Waals surface area (Å²) < 4.78 is 39.5. The molecule has 20 heavy (non-hydrogen) atoms. The molecule has 1 saturated carbocycles. The summed E-state index contributed by atoms with van der Waals surface area (Å²) in [5.74, 6) is -2.30. The summed E-state index contributed by atoms with van der Waals surface area (Å²) in [4.78, 5) is 22.7. The Hall–Kier alpha value is -2.25. The molecule has 1 fully saturated rings. The Labute approximate surface area is 111 Å². The van der Waals surface area contributed by atoms with Crippen molar-refractivity contribution in [1.82, 2.24) is 0 Å². The van der Waals surface area contributed by atoms with Crippen molar-refractivity contribution in [2.24, 2.45) is 5.41 Å². The van der Waals surface area contributed by atoms with E-state index >= 15 is 0 Å². The fourth-order valence-corrected chi connectivity index (χ4v) is 1.65. The lowest BCUT2D eigenvalue weighted by molar-refractivity contribution is -0.274. The van der Waals surface area contributed by atoms with Gasteiger partial charge in [0.05, 0.1) is 0 Å². The SMILES string of the molecule is O=C(O)C1(C(=O)Nc2ccc(OC(F)(F)F)cc2)CC1. The van der Waals surface area contributed by atoms with E-state index in [-0.39, 0.29) is 18.5 Å². The number of amides is 1. The molecule has 1 aliphatic carbocycles. The number of carboxylic acids is 1. The van der Waals surface area contributed by atoms with Crippen molar-refractivity contribution in [2.75, 3.05) is 5.32 Å². The number of benzene rings is 1. The van der Waals surface area contributed by atoms with Crippen molar-refractivity contribution in [2.45, 2.75) is 19.2 Å². The van der Waals surface area contributed by atoms with E-state index in [1.807, 2.05) is 0 Å². The maximum atomic E-state index is 11.9. The van der Waals surface area contributed by atoms with Gasteiger partial charge in [-0.1, -0.05) is 0 Å². The van der Waals surface area contributed by atoms with E-state index in [2.05, 4.69) is 10.1 Å². The van der Waals surface area contributed by atoms with Crippen molar-refractivity contribution in [1.29, 1.82) is 0 Å². The van der Waals surface area contributed by atoms with Crippen LogP contribution in [0.2, 0.25) is 0 Å². The number of carbonyl (C=O) groups excluding carboxylic acids is 1. The lowest BCUT2D eigenvalue weighted by atomic mass is 10.1. The van der Waals surface area contributed by atoms with E-state index in [4.69, 9.17) is 5.11 Å². The molecule has 0 bridgehead atoms. The molecule has 1 aliphatic rings. The van der Waals surface area contributed by atoms with Crippen LogP contribution in [0.3, 0.4) is 0 Å². The zero-order valence-electron chi connectivity index (χ0n) is 10.0. The first-order valence-electron chi connectivity index (χ1n) is 5.64. The molecule has 0 heterocycles.